The Labute approximate surface area is 160 Å². The quantitative estimate of drug-likeness (QED) is 0.796. The number of hydrogen-bond donors (Lipinski definition) is 1. The van der Waals surface area contributed by atoms with Crippen LogP contribution >= 0.6 is 11.6 Å². The minimum Gasteiger partial charge on any atom is -0.356 e. The van der Waals surface area contributed by atoms with Gasteiger partial charge in [-0.2, -0.15) is 0 Å². The van der Waals surface area contributed by atoms with Crippen molar-refractivity contribution < 1.29 is 9.59 Å². The first-order chi connectivity index (χ1) is 12.4. The van der Waals surface area contributed by atoms with Gasteiger partial charge in [0.05, 0.1) is 0 Å². The van der Waals surface area contributed by atoms with Gasteiger partial charge in [0.15, 0.2) is 0 Å². The number of hydrogen-bond acceptors (Lipinski definition) is 2. The van der Waals surface area contributed by atoms with Crippen LogP contribution in [0.2, 0.25) is 5.02 Å². The molecule has 0 spiro atoms. The summed E-state index contributed by atoms with van der Waals surface area (Å²) in [5.74, 6) is -0.128. The highest BCUT2D eigenvalue weighted by Crippen LogP contribution is 2.19. The predicted octanol–water partition coefficient (Wildman–Crippen LogP) is 4.06. The lowest BCUT2D eigenvalue weighted by atomic mass is 10.1. The lowest BCUT2D eigenvalue weighted by Crippen LogP contribution is -2.34. The molecule has 1 N–H and O–H groups in total. The zero-order valence-corrected chi connectivity index (χ0v) is 16.3. The van der Waals surface area contributed by atoms with E-state index in [-0.39, 0.29) is 18.2 Å². The minimum atomic E-state index is -0.0674. The first-order valence-electron chi connectivity index (χ1n) is 8.73. The molecule has 138 valence electrons. The fourth-order valence-electron chi connectivity index (χ4n) is 2.66. The summed E-state index contributed by atoms with van der Waals surface area (Å²) in [5, 5.41) is 3.60. The summed E-state index contributed by atoms with van der Waals surface area (Å²) in [7, 11) is 0. The van der Waals surface area contributed by atoms with E-state index in [2.05, 4.69) is 5.32 Å². The van der Waals surface area contributed by atoms with Gasteiger partial charge >= 0.3 is 0 Å². The Morgan fingerprint density at radius 2 is 1.73 bits per heavy atom. The molecule has 2 rings (SSSR count). The number of carbonyl (C=O) groups is 2. The largest absolute Gasteiger partial charge is 0.356 e. The van der Waals surface area contributed by atoms with Crippen LogP contribution in [0.1, 0.15) is 30.0 Å². The highest BCUT2D eigenvalue weighted by molar-refractivity contribution is 6.30. The molecule has 0 radical (unpaired) electrons. The van der Waals surface area contributed by atoms with Crippen LogP contribution in [0.15, 0.2) is 42.5 Å². The second-order valence-electron chi connectivity index (χ2n) is 6.42. The fourth-order valence-corrected chi connectivity index (χ4v) is 2.79. The number of nitrogens with zero attached hydrogens (tertiary/aromatic N) is 1. The second kappa shape index (κ2) is 9.39. The van der Waals surface area contributed by atoms with Gasteiger partial charge in [0.2, 0.25) is 11.8 Å². The second-order valence-corrected chi connectivity index (χ2v) is 6.85. The fraction of sp³-hybridized carbons (Fsp3) is 0.333. The Bertz CT molecular complexity index is 772. The molecule has 0 unspecified atom stereocenters. The monoisotopic (exact) mass is 372 g/mol. The number of carbonyl (C=O) groups excluding carboxylic acids is 2. The van der Waals surface area contributed by atoms with Crippen LogP contribution in [0.5, 0.6) is 0 Å². The minimum absolute atomic E-state index is 0.0611. The molecule has 0 fully saturated rings. The molecule has 2 aromatic carbocycles. The first-order valence-corrected chi connectivity index (χ1v) is 9.11. The Kier molecular flexibility index (Phi) is 7.22. The Hall–Kier alpha value is -2.33. The van der Waals surface area contributed by atoms with E-state index in [0.29, 0.717) is 18.1 Å². The van der Waals surface area contributed by atoms with Gasteiger partial charge in [0, 0.05) is 37.1 Å². The lowest BCUT2D eigenvalue weighted by molar-refractivity contribution is -0.121. The van der Waals surface area contributed by atoms with E-state index < -0.39 is 0 Å². The summed E-state index contributed by atoms with van der Waals surface area (Å²) in [6.45, 7) is 6.49. The molecule has 0 bridgehead atoms. The molecule has 0 atom stereocenters. The standard InChI is InChI=1S/C21H25ClN2O2/c1-15-4-9-20(14-16(15)2)24(17(3)25)13-11-21(26)23-12-10-18-5-7-19(22)8-6-18/h4-9,14H,10-13H2,1-3H3,(H,23,26). The molecule has 0 aliphatic heterocycles. The van der Waals surface area contributed by atoms with E-state index in [4.69, 9.17) is 11.6 Å². The topological polar surface area (TPSA) is 49.4 Å². The Morgan fingerprint density at radius 3 is 2.35 bits per heavy atom. The van der Waals surface area contributed by atoms with E-state index in [1.165, 1.54) is 12.5 Å². The molecule has 0 saturated carbocycles. The van der Waals surface area contributed by atoms with E-state index >= 15 is 0 Å². The highest BCUT2D eigenvalue weighted by Gasteiger charge is 2.14. The summed E-state index contributed by atoms with van der Waals surface area (Å²) in [5.41, 5.74) is 4.25. The molecule has 4 nitrogen and oxygen atoms in total. The number of rotatable bonds is 7. The van der Waals surface area contributed by atoms with Crippen molar-refractivity contribution in [3.63, 3.8) is 0 Å². The van der Waals surface area contributed by atoms with Crippen LogP contribution in [0.4, 0.5) is 5.69 Å². The van der Waals surface area contributed by atoms with Crippen LogP contribution in [0.3, 0.4) is 0 Å². The number of nitrogens with one attached hydrogen (secondary N) is 1. The van der Waals surface area contributed by atoms with Crippen LogP contribution in [0.25, 0.3) is 0 Å². The third-order valence-corrected chi connectivity index (χ3v) is 4.65. The molecule has 2 aromatic rings. The van der Waals surface area contributed by atoms with Gasteiger partial charge in [0.1, 0.15) is 0 Å². The van der Waals surface area contributed by atoms with E-state index in [1.807, 2.05) is 56.3 Å². The SMILES string of the molecule is CC(=O)N(CCC(=O)NCCc1ccc(Cl)cc1)c1ccc(C)c(C)c1. The highest BCUT2D eigenvalue weighted by atomic mass is 35.5. The Morgan fingerprint density at radius 1 is 1.04 bits per heavy atom. The molecule has 0 aliphatic rings. The normalized spacial score (nSPS) is 10.5. The first kappa shape index (κ1) is 20.0. The zero-order chi connectivity index (χ0) is 19.1. The van der Waals surface area contributed by atoms with Crippen molar-refractivity contribution in [1.82, 2.24) is 5.32 Å². The van der Waals surface area contributed by atoms with Gasteiger partial charge in [-0.15, -0.1) is 0 Å². The molecular weight excluding hydrogens is 348 g/mol. The average Bonchev–Trinajstić information content (AvgIpc) is 2.59. The third kappa shape index (κ3) is 5.88. The third-order valence-electron chi connectivity index (χ3n) is 4.39. The van der Waals surface area contributed by atoms with Crippen LogP contribution in [-0.4, -0.2) is 24.9 Å². The van der Waals surface area contributed by atoms with Crippen LogP contribution in [-0.2, 0) is 16.0 Å². The van der Waals surface area contributed by atoms with E-state index in [1.54, 1.807) is 4.90 Å². The molecule has 26 heavy (non-hydrogen) atoms. The van der Waals surface area contributed by atoms with Crippen molar-refractivity contribution in [3.8, 4) is 0 Å². The maximum Gasteiger partial charge on any atom is 0.223 e. The molecule has 0 aliphatic carbocycles. The van der Waals surface area contributed by atoms with Gasteiger partial charge in [-0.3, -0.25) is 9.59 Å². The molecule has 2 amide bonds. The van der Waals surface area contributed by atoms with Crippen molar-refractivity contribution in [2.24, 2.45) is 0 Å². The number of halogens is 1. The number of anilines is 1. The molecule has 5 heteroatoms. The van der Waals surface area contributed by atoms with Crippen molar-refractivity contribution in [2.75, 3.05) is 18.0 Å². The summed E-state index contributed by atoms with van der Waals surface area (Å²) in [6.07, 6.45) is 1.02. The predicted molar refractivity (Wildman–Crippen MR) is 107 cm³/mol. The van der Waals surface area contributed by atoms with Crippen LogP contribution in [0, 0.1) is 13.8 Å². The number of amides is 2. The zero-order valence-electron chi connectivity index (χ0n) is 15.5. The molecule has 0 aromatic heterocycles. The van der Waals surface area contributed by atoms with Crippen LogP contribution < -0.4 is 10.2 Å². The van der Waals surface area contributed by atoms with Crippen molar-refractivity contribution in [1.29, 1.82) is 0 Å². The summed E-state index contributed by atoms with van der Waals surface area (Å²) in [6, 6.07) is 13.5. The molecule has 0 heterocycles. The maximum atomic E-state index is 12.1. The van der Waals surface area contributed by atoms with Gasteiger partial charge in [-0.25, -0.2) is 0 Å². The summed E-state index contributed by atoms with van der Waals surface area (Å²) in [4.78, 5) is 25.7. The lowest BCUT2D eigenvalue weighted by Gasteiger charge is -2.22. The maximum absolute atomic E-state index is 12.1. The average molecular weight is 373 g/mol. The summed E-state index contributed by atoms with van der Waals surface area (Å²) < 4.78 is 0. The molecular formula is C21H25ClN2O2. The van der Waals surface area contributed by atoms with Gasteiger partial charge in [-0.1, -0.05) is 29.8 Å². The van der Waals surface area contributed by atoms with Crippen molar-refractivity contribution in [3.05, 3.63) is 64.2 Å². The van der Waals surface area contributed by atoms with Crippen molar-refractivity contribution in [2.45, 2.75) is 33.6 Å². The number of benzene rings is 2. The van der Waals surface area contributed by atoms with Gasteiger partial charge in [0.25, 0.3) is 0 Å². The van der Waals surface area contributed by atoms with Gasteiger partial charge < -0.3 is 10.2 Å². The van der Waals surface area contributed by atoms with Crippen molar-refractivity contribution >= 4 is 29.1 Å². The van der Waals surface area contributed by atoms with E-state index in [9.17, 15) is 9.59 Å². The van der Waals surface area contributed by atoms with E-state index in [0.717, 1.165) is 23.2 Å². The number of aryl methyl sites for hydroxylation is 2. The van der Waals surface area contributed by atoms with Gasteiger partial charge in [-0.05, 0) is 61.2 Å². The smallest absolute Gasteiger partial charge is 0.223 e. The summed E-state index contributed by atoms with van der Waals surface area (Å²) >= 11 is 5.86. The Balaban J connectivity index is 1.84. The molecule has 0 saturated heterocycles.